The van der Waals surface area contributed by atoms with Gasteiger partial charge >= 0.3 is 26.2 Å². The molecule has 0 spiro atoms. The van der Waals surface area contributed by atoms with Gasteiger partial charge in [0.1, 0.15) is 0 Å². The first kappa shape index (κ1) is 26.3. The molecule has 1 radical (unpaired) electrons. The molecule has 1 aliphatic carbocycles. The molecular weight excluding hydrogens is 736 g/mol. The van der Waals surface area contributed by atoms with Gasteiger partial charge in [0.05, 0.1) is 0 Å². The molecule has 0 saturated carbocycles. The first-order valence-corrected chi connectivity index (χ1v) is 7.60. The van der Waals surface area contributed by atoms with Crippen molar-refractivity contribution in [1.29, 1.82) is 0 Å². The summed E-state index contributed by atoms with van der Waals surface area (Å²) in [4.78, 5) is 0. The first-order chi connectivity index (χ1) is 10.9. The SMILES string of the molecule is [I-].[I-].[I-].[Zr+3].[c-]1cccc2c1Cc1ccccc1-2.c1ccc2[cH-]ccc2c1. The number of benzene rings is 3. The summed E-state index contributed by atoms with van der Waals surface area (Å²) < 4.78 is 0. The second-order valence-electron chi connectivity index (χ2n) is 5.55. The minimum absolute atomic E-state index is 0. The Morgan fingerprint density at radius 1 is 0.731 bits per heavy atom. The van der Waals surface area contributed by atoms with Crippen molar-refractivity contribution >= 4 is 10.8 Å². The van der Waals surface area contributed by atoms with Crippen LogP contribution in [0.25, 0.3) is 21.9 Å². The second kappa shape index (κ2) is 12.7. The molecule has 5 rings (SSSR count). The Balaban J connectivity index is 0.000000436. The second-order valence-corrected chi connectivity index (χ2v) is 5.55. The van der Waals surface area contributed by atoms with Crippen LogP contribution in [0.2, 0.25) is 0 Å². The van der Waals surface area contributed by atoms with Gasteiger partial charge in [0, 0.05) is 0 Å². The van der Waals surface area contributed by atoms with Crippen LogP contribution >= 0.6 is 0 Å². The fraction of sp³-hybridized carbons (Fsp3) is 0.0455. The molecule has 0 atom stereocenters. The van der Waals surface area contributed by atoms with E-state index in [2.05, 4.69) is 84.9 Å². The van der Waals surface area contributed by atoms with Gasteiger partial charge in [0.15, 0.2) is 0 Å². The molecule has 0 bridgehead atoms. The predicted molar refractivity (Wildman–Crippen MR) is 93.1 cm³/mol. The van der Waals surface area contributed by atoms with E-state index in [0.29, 0.717) is 0 Å². The van der Waals surface area contributed by atoms with Crippen LogP contribution in [-0.2, 0) is 32.6 Å². The van der Waals surface area contributed by atoms with Crippen molar-refractivity contribution in [3.8, 4) is 11.1 Å². The van der Waals surface area contributed by atoms with Crippen LogP contribution in [0.1, 0.15) is 11.1 Å². The molecule has 0 fully saturated rings. The standard InChI is InChI=1S/C13H9.C9H7.3HI.Zr/c1-3-7-12-10(5-1)9-11-6-2-4-8-13(11)12;1-2-5-9-7-3-6-8(9)4-1;;;;/h1-5,7-8H,9H2;1-7H;3*1H;/q2*-1;;;;+3/p-3. The van der Waals surface area contributed by atoms with Crippen LogP contribution in [0.5, 0.6) is 0 Å². The van der Waals surface area contributed by atoms with Crippen LogP contribution < -0.4 is 71.9 Å². The zero-order valence-corrected chi connectivity index (χ0v) is 22.9. The van der Waals surface area contributed by atoms with E-state index in [-0.39, 0.29) is 98.1 Å². The Morgan fingerprint density at radius 3 is 2.23 bits per heavy atom. The summed E-state index contributed by atoms with van der Waals surface area (Å²) >= 11 is 0. The molecule has 1 aliphatic rings. The third-order valence-corrected chi connectivity index (χ3v) is 4.16. The maximum Gasteiger partial charge on any atom is 3.00 e. The number of fused-ring (bicyclic) bond motifs is 4. The third-order valence-electron chi connectivity index (χ3n) is 4.16. The van der Waals surface area contributed by atoms with Crippen molar-refractivity contribution in [1.82, 2.24) is 0 Å². The van der Waals surface area contributed by atoms with Gasteiger partial charge in [-0.1, -0.05) is 41.5 Å². The number of halogens is 3. The Hall–Kier alpha value is 0.343. The minimum Gasteiger partial charge on any atom is -1.00 e. The van der Waals surface area contributed by atoms with E-state index in [0.717, 1.165) is 6.42 Å². The smallest absolute Gasteiger partial charge is 1.00 e. The zero-order chi connectivity index (χ0) is 14.8. The van der Waals surface area contributed by atoms with E-state index in [1.165, 1.54) is 33.0 Å². The largest absolute Gasteiger partial charge is 3.00 e. The molecule has 0 N–H and O–H groups in total. The Morgan fingerprint density at radius 2 is 1.42 bits per heavy atom. The molecule has 0 unspecified atom stereocenters. The maximum atomic E-state index is 3.30. The molecule has 0 heterocycles. The molecule has 26 heavy (non-hydrogen) atoms. The summed E-state index contributed by atoms with van der Waals surface area (Å²) in [5.41, 5.74) is 5.51. The molecular formula is C22H16I3Zr-2. The van der Waals surface area contributed by atoms with Crippen molar-refractivity contribution in [2.24, 2.45) is 0 Å². The Labute approximate surface area is 225 Å². The molecule has 131 valence electrons. The van der Waals surface area contributed by atoms with Gasteiger partial charge in [0.25, 0.3) is 0 Å². The number of rotatable bonds is 0. The fourth-order valence-corrected chi connectivity index (χ4v) is 3.07. The van der Waals surface area contributed by atoms with Crippen LogP contribution in [0, 0.1) is 6.07 Å². The zero-order valence-electron chi connectivity index (χ0n) is 13.9. The van der Waals surface area contributed by atoms with Crippen LogP contribution in [0.15, 0.2) is 84.9 Å². The van der Waals surface area contributed by atoms with Crippen molar-refractivity contribution in [3.63, 3.8) is 0 Å². The summed E-state index contributed by atoms with van der Waals surface area (Å²) in [6.45, 7) is 0. The molecule has 4 heteroatoms. The molecule has 4 aromatic carbocycles. The van der Waals surface area contributed by atoms with Gasteiger partial charge in [-0.3, -0.25) is 0 Å². The van der Waals surface area contributed by atoms with Crippen LogP contribution in [0.3, 0.4) is 0 Å². The summed E-state index contributed by atoms with van der Waals surface area (Å²) in [5, 5.41) is 2.66. The van der Waals surface area contributed by atoms with Crippen molar-refractivity contribution in [2.45, 2.75) is 6.42 Å². The molecule has 0 nitrogen and oxygen atoms in total. The van der Waals surface area contributed by atoms with Crippen LogP contribution in [-0.4, -0.2) is 0 Å². The van der Waals surface area contributed by atoms with E-state index < -0.39 is 0 Å². The molecule has 0 saturated heterocycles. The number of hydrogen-bond acceptors (Lipinski definition) is 0. The minimum atomic E-state index is 0. The topological polar surface area (TPSA) is 0 Å². The summed E-state index contributed by atoms with van der Waals surface area (Å²) in [7, 11) is 0. The van der Waals surface area contributed by atoms with E-state index in [1.54, 1.807) is 0 Å². The molecule has 4 aromatic rings. The van der Waals surface area contributed by atoms with Crippen molar-refractivity contribution < 1.29 is 98.1 Å². The van der Waals surface area contributed by atoms with E-state index in [1.807, 2.05) is 6.07 Å². The van der Waals surface area contributed by atoms with Gasteiger partial charge in [0.2, 0.25) is 0 Å². The average molecular weight is 752 g/mol. The average Bonchev–Trinajstić information content (AvgIpc) is 3.19. The van der Waals surface area contributed by atoms with Gasteiger partial charge in [-0.25, -0.2) is 0 Å². The maximum absolute atomic E-state index is 3.30. The first-order valence-electron chi connectivity index (χ1n) is 7.60. The van der Waals surface area contributed by atoms with Crippen molar-refractivity contribution in [3.05, 3.63) is 102 Å². The number of hydrogen-bond donors (Lipinski definition) is 0. The summed E-state index contributed by atoms with van der Waals surface area (Å²) in [6, 6.07) is 32.8. The molecule has 0 aliphatic heterocycles. The summed E-state index contributed by atoms with van der Waals surface area (Å²) in [6.07, 6.45) is 1.05. The monoisotopic (exact) mass is 751 g/mol. The van der Waals surface area contributed by atoms with Gasteiger partial charge in [-0.2, -0.15) is 47.3 Å². The van der Waals surface area contributed by atoms with E-state index >= 15 is 0 Å². The van der Waals surface area contributed by atoms with Crippen LogP contribution in [0.4, 0.5) is 0 Å². The van der Waals surface area contributed by atoms with Crippen molar-refractivity contribution in [2.75, 3.05) is 0 Å². The molecule has 0 amide bonds. The Bertz CT molecular complexity index is 857. The van der Waals surface area contributed by atoms with Gasteiger partial charge in [-0.05, 0) is 6.42 Å². The van der Waals surface area contributed by atoms with Gasteiger partial charge in [-0.15, -0.1) is 35.2 Å². The fourth-order valence-electron chi connectivity index (χ4n) is 3.07. The predicted octanol–water partition coefficient (Wildman–Crippen LogP) is -3.37. The molecule has 0 aromatic heterocycles. The third kappa shape index (κ3) is 5.92. The van der Waals surface area contributed by atoms with Gasteiger partial charge < -0.3 is 71.9 Å². The van der Waals surface area contributed by atoms with E-state index in [9.17, 15) is 0 Å². The Kier molecular flexibility index (Phi) is 12.9. The normalized spacial score (nSPS) is 9.69. The quantitative estimate of drug-likeness (QED) is 0.115. The van der Waals surface area contributed by atoms with E-state index in [4.69, 9.17) is 0 Å². The summed E-state index contributed by atoms with van der Waals surface area (Å²) in [5.74, 6) is 0.